The summed E-state index contributed by atoms with van der Waals surface area (Å²) in [6, 6.07) is 2.30. The van der Waals surface area contributed by atoms with E-state index in [-0.39, 0.29) is 36.0 Å². The Morgan fingerprint density at radius 1 is 1.30 bits per heavy atom. The molecule has 0 saturated carbocycles. The van der Waals surface area contributed by atoms with Gasteiger partial charge in [-0.05, 0) is 12.8 Å². The summed E-state index contributed by atoms with van der Waals surface area (Å²) in [5.41, 5.74) is -0.0503. The maximum absolute atomic E-state index is 14.7. The van der Waals surface area contributed by atoms with Gasteiger partial charge in [0, 0.05) is 32.1 Å². The van der Waals surface area contributed by atoms with Crippen LogP contribution in [0.25, 0.3) is 0 Å². The van der Waals surface area contributed by atoms with Gasteiger partial charge in [0.25, 0.3) is 0 Å². The van der Waals surface area contributed by atoms with Crippen LogP contribution in [0.4, 0.5) is 25.0 Å². The molecule has 1 atom stereocenters. The molecular formula is C18H21F2N3O4. The third kappa shape index (κ3) is 3.55. The van der Waals surface area contributed by atoms with Gasteiger partial charge in [-0.15, -0.1) is 0 Å². The van der Waals surface area contributed by atoms with Crippen molar-refractivity contribution in [1.29, 1.82) is 0 Å². The van der Waals surface area contributed by atoms with Gasteiger partial charge in [-0.3, -0.25) is 9.69 Å². The number of piperidine rings is 1. The number of carbonyl (C=O) groups excluding carboxylic acids is 2. The second-order valence-corrected chi connectivity index (χ2v) is 7.27. The third-order valence-corrected chi connectivity index (χ3v) is 5.31. The van der Waals surface area contributed by atoms with Gasteiger partial charge in [0.15, 0.2) is 11.6 Å². The molecule has 4 rings (SSSR count). The van der Waals surface area contributed by atoms with Crippen LogP contribution in [0.3, 0.4) is 0 Å². The van der Waals surface area contributed by atoms with Gasteiger partial charge in [-0.2, -0.15) is 0 Å². The summed E-state index contributed by atoms with van der Waals surface area (Å²) in [7, 11) is 0. The zero-order valence-corrected chi connectivity index (χ0v) is 15.0. The molecule has 27 heavy (non-hydrogen) atoms. The number of nitrogens with one attached hydrogen (secondary N) is 1. The minimum Gasteiger partial charge on any atom is -0.442 e. The van der Waals surface area contributed by atoms with Crippen LogP contribution in [0.5, 0.6) is 0 Å². The number of hydrogen-bond donors (Lipinski definition) is 1. The molecule has 0 bridgehead atoms. The molecule has 7 nitrogen and oxygen atoms in total. The van der Waals surface area contributed by atoms with Gasteiger partial charge in [0.05, 0.1) is 31.0 Å². The van der Waals surface area contributed by atoms with Gasteiger partial charge >= 0.3 is 6.09 Å². The fraction of sp³-hybridized carbons (Fsp3) is 0.556. The van der Waals surface area contributed by atoms with Crippen LogP contribution < -0.4 is 15.1 Å². The molecule has 0 aromatic heterocycles. The molecule has 0 radical (unpaired) electrons. The number of cyclic esters (lactones) is 1. The first-order valence-corrected chi connectivity index (χ1v) is 8.97. The summed E-state index contributed by atoms with van der Waals surface area (Å²) >= 11 is 0. The average molecular weight is 381 g/mol. The highest BCUT2D eigenvalue weighted by molar-refractivity contribution is 5.90. The van der Waals surface area contributed by atoms with Gasteiger partial charge in [0.1, 0.15) is 11.8 Å². The highest BCUT2D eigenvalue weighted by Gasteiger charge is 2.47. The van der Waals surface area contributed by atoms with Gasteiger partial charge in [0.2, 0.25) is 5.91 Å². The minimum atomic E-state index is -0.712. The molecule has 3 saturated heterocycles. The number of anilines is 2. The molecule has 3 heterocycles. The van der Waals surface area contributed by atoms with E-state index in [1.54, 1.807) is 4.90 Å². The SMILES string of the molecule is CC(=O)NCC1CN(c2cc(F)c(N3CCC4(CC3)CO4)c(F)c2)C(=O)O1. The van der Waals surface area contributed by atoms with Crippen molar-refractivity contribution >= 4 is 23.4 Å². The van der Waals surface area contributed by atoms with E-state index >= 15 is 0 Å². The fourth-order valence-corrected chi connectivity index (χ4v) is 3.63. The largest absolute Gasteiger partial charge is 0.442 e. The lowest BCUT2D eigenvalue weighted by Crippen LogP contribution is -2.38. The van der Waals surface area contributed by atoms with Gasteiger partial charge in [-0.1, -0.05) is 0 Å². The van der Waals surface area contributed by atoms with E-state index in [1.807, 2.05) is 0 Å². The van der Waals surface area contributed by atoms with E-state index in [4.69, 9.17) is 9.47 Å². The number of hydrogen-bond acceptors (Lipinski definition) is 5. The van der Waals surface area contributed by atoms with Crippen molar-refractivity contribution < 1.29 is 27.8 Å². The summed E-state index contributed by atoms with van der Waals surface area (Å²) < 4.78 is 39.9. The quantitative estimate of drug-likeness (QED) is 0.805. The molecule has 1 aromatic carbocycles. The Morgan fingerprint density at radius 2 is 1.93 bits per heavy atom. The van der Waals surface area contributed by atoms with Gasteiger partial charge < -0.3 is 19.7 Å². The van der Waals surface area contributed by atoms with E-state index in [2.05, 4.69) is 5.32 Å². The molecule has 1 unspecified atom stereocenters. The van der Waals surface area contributed by atoms with E-state index in [9.17, 15) is 18.4 Å². The lowest BCUT2D eigenvalue weighted by molar-refractivity contribution is -0.119. The number of amides is 2. The van der Waals surface area contributed by atoms with Crippen LogP contribution in [0.15, 0.2) is 12.1 Å². The number of ether oxygens (including phenoxy) is 2. The van der Waals surface area contributed by atoms with E-state index in [1.165, 1.54) is 11.8 Å². The Hall–Kier alpha value is -2.42. The number of nitrogens with zero attached hydrogens (tertiary/aromatic N) is 2. The number of benzene rings is 1. The summed E-state index contributed by atoms with van der Waals surface area (Å²) in [6.45, 7) is 3.39. The first-order chi connectivity index (χ1) is 12.9. The first kappa shape index (κ1) is 18.0. The van der Waals surface area contributed by atoms with Crippen molar-refractivity contribution in [2.24, 2.45) is 0 Å². The standard InChI is InChI=1S/C18H21F2N3O4/c1-11(24)21-8-13-9-23(17(25)27-13)12-6-14(19)16(15(20)7-12)22-4-2-18(3-5-22)10-26-18/h6-7,13H,2-5,8-10H2,1H3,(H,21,24). The topological polar surface area (TPSA) is 74.4 Å². The van der Waals surface area contributed by atoms with E-state index in [0.717, 1.165) is 31.6 Å². The lowest BCUT2D eigenvalue weighted by atomic mass is 9.97. The van der Waals surface area contributed by atoms with Crippen LogP contribution in [-0.2, 0) is 14.3 Å². The summed E-state index contributed by atoms with van der Waals surface area (Å²) in [6.07, 6.45) is 0.236. The predicted octanol–water partition coefficient (Wildman–Crippen LogP) is 1.80. The monoisotopic (exact) mass is 381 g/mol. The minimum absolute atomic E-state index is 0.0726. The van der Waals surface area contributed by atoms with Crippen molar-refractivity contribution in [3.05, 3.63) is 23.8 Å². The second-order valence-electron chi connectivity index (χ2n) is 7.27. The Balaban J connectivity index is 1.48. The Labute approximate surface area is 155 Å². The lowest BCUT2D eigenvalue weighted by Gasteiger charge is -2.32. The molecule has 3 aliphatic rings. The number of epoxide rings is 1. The van der Waals surface area contributed by atoms with Crippen molar-refractivity contribution in [1.82, 2.24) is 5.32 Å². The number of carbonyl (C=O) groups is 2. The predicted molar refractivity (Wildman–Crippen MR) is 92.8 cm³/mol. The molecule has 1 aromatic rings. The molecule has 9 heteroatoms. The van der Waals surface area contributed by atoms with Crippen LogP contribution in [0, 0.1) is 11.6 Å². The molecule has 1 N–H and O–H groups in total. The Bertz CT molecular complexity index is 751. The molecule has 1 spiro atoms. The highest BCUT2D eigenvalue weighted by atomic mass is 19.1. The van der Waals surface area contributed by atoms with Crippen molar-refractivity contribution in [2.75, 3.05) is 42.6 Å². The van der Waals surface area contributed by atoms with Crippen molar-refractivity contribution in [3.63, 3.8) is 0 Å². The third-order valence-electron chi connectivity index (χ3n) is 5.31. The summed E-state index contributed by atoms with van der Waals surface area (Å²) in [4.78, 5) is 25.9. The second kappa shape index (κ2) is 6.63. The zero-order valence-electron chi connectivity index (χ0n) is 15.0. The van der Waals surface area contributed by atoms with Crippen LogP contribution in [-0.4, -0.2) is 56.5 Å². The van der Waals surface area contributed by atoms with Crippen LogP contribution in [0.2, 0.25) is 0 Å². The smallest absolute Gasteiger partial charge is 0.414 e. The first-order valence-electron chi connectivity index (χ1n) is 8.97. The number of halogens is 2. The maximum Gasteiger partial charge on any atom is 0.414 e. The van der Waals surface area contributed by atoms with Crippen LogP contribution >= 0.6 is 0 Å². The van der Waals surface area contributed by atoms with Crippen LogP contribution in [0.1, 0.15) is 19.8 Å². The maximum atomic E-state index is 14.7. The van der Waals surface area contributed by atoms with E-state index < -0.39 is 23.8 Å². The molecule has 146 valence electrons. The zero-order chi connectivity index (χ0) is 19.2. The fourth-order valence-electron chi connectivity index (χ4n) is 3.63. The van der Waals surface area contributed by atoms with Crippen molar-refractivity contribution in [3.8, 4) is 0 Å². The molecule has 3 fully saturated rings. The molecule has 0 aliphatic carbocycles. The van der Waals surface area contributed by atoms with E-state index in [0.29, 0.717) is 13.1 Å². The summed E-state index contributed by atoms with van der Waals surface area (Å²) in [5, 5.41) is 2.56. The summed E-state index contributed by atoms with van der Waals surface area (Å²) in [5.74, 6) is -1.67. The Kier molecular flexibility index (Phi) is 4.41. The Morgan fingerprint density at radius 3 is 2.48 bits per heavy atom. The molecule has 3 aliphatic heterocycles. The van der Waals surface area contributed by atoms with Gasteiger partial charge in [-0.25, -0.2) is 13.6 Å². The highest BCUT2D eigenvalue weighted by Crippen LogP contribution is 2.40. The average Bonchev–Trinajstić information content (AvgIpc) is 3.26. The number of rotatable bonds is 4. The normalized spacial score (nSPS) is 23.5. The van der Waals surface area contributed by atoms with Crippen molar-refractivity contribution in [2.45, 2.75) is 31.5 Å². The molecular weight excluding hydrogens is 360 g/mol. The molecule has 2 amide bonds.